The lowest BCUT2D eigenvalue weighted by Crippen LogP contribution is -2.46. The number of carbonyl (C=O) groups excluding carboxylic acids is 1. The van der Waals surface area contributed by atoms with Crippen LogP contribution in [0.5, 0.6) is 0 Å². The quantitative estimate of drug-likeness (QED) is 0.735. The topological polar surface area (TPSA) is 56.2 Å². The minimum Gasteiger partial charge on any atom is -0.390 e. The average molecular weight is 450 g/mol. The Morgan fingerprint density at radius 1 is 0.970 bits per heavy atom. The Morgan fingerprint density at radius 3 is 2.52 bits per heavy atom. The molecule has 6 heteroatoms. The molecule has 0 unspecified atom stereocenters. The van der Waals surface area contributed by atoms with Crippen LogP contribution in [-0.4, -0.2) is 79.4 Å². The number of hydrogen-bond acceptors (Lipinski definition) is 5. The molecule has 0 bridgehead atoms. The number of ether oxygens (including phenoxy) is 1. The summed E-state index contributed by atoms with van der Waals surface area (Å²) < 4.78 is 5.49. The van der Waals surface area contributed by atoms with Crippen LogP contribution in [0.1, 0.15) is 39.9 Å². The molecule has 33 heavy (non-hydrogen) atoms. The molecule has 0 saturated carbocycles. The van der Waals surface area contributed by atoms with Crippen molar-refractivity contribution in [1.82, 2.24) is 9.80 Å². The third-order valence-corrected chi connectivity index (χ3v) is 7.51. The molecule has 3 aliphatic heterocycles. The molecule has 176 valence electrons. The Labute approximate surface area is 196 Å². The van der Waals surface area contributed by atoms with E-state index in [9.17, 15) is 9.90 Å². The molecule has 1 fully saturated rings. The Balaban J connectivity index is 1.17. The molecule has 0 aliphatic carbocycles. The minimum atomic E-state index is -0.540. The van der Waals surface area contributed by atoms with E-state index in [1.54, 1.807) is 7.11 Å². The summed E-state index contributed by atoms with van der Waals surface area (Å²) in [5, 5.41) is 10.8. The smallest absolute Gasteiger partial charge is 0.254 e. The van der Waals surface area contributed by atoms with Gasteiger partial charge in [0, 0.05) is 64.2 Å². The predicted octanol–water partition coefficient (Wildman–Crippen LogP) is 2.72. The van der Waals surface area contributed by atoms with Gasteiger partial charge in [0.25, 0.3) is 5.91 Å². The van der Waals surface area contributed by atoms with Gasteiger partial charge in [0.1, 0.15) is 0 Å². The first kappa shape index (κ1) is 22.4. The summed E-state index contributed by atoms with van der Waals surface area (Å²) in [6.07, 6.45) is 3.77. The molecule has 6 nitrogen and oxygen atoms in total. The van der Waals surface area contributed by atoms with E-state index < -0.39 is 6.10 Å². The number of benzene rings is 2. The van der Waals surface area contributed by atoms with E-state index in [4.69, 9.17) is 4.74 Å². The van der Waals surface area contributed by atoms with Gasteiger partial charge in [-0.05, 0) is 60.6 Å². The van der Waals surface area contributed by atoms with Crippen LogP contribution in [0.2, 0.25) is 0 Å². The number of fused-ring (bicyclic) bond motifs is 2. The largest absolute Gasteiger partial charge is 0.390 e. The number of carbonyl (C=O) groups is 1. The van der Waals surface area contributed by atoms with Crippen LogP contribution in [0.15, 0.2) is 42.5 Å². The highest BCUT2D eigenvalue weighted by Crippen LogP contribution is 2.27. The number of nitrogens with zero attached hydrogens (tertiary/aromatic N) is 3. The fourth-order valence-corrected chi connectivity index (χ4v) is 5.56. The second-order valence-electron chi connectivity index (χ2n) is 9.67. The Kier molecular flexibility index (Phi) is 6.67. The molecule has 2 aromatic rings. The van der Waals surface area contributed by atoms with Crippen LogP contribution >= 0.6 is 0 Å². The van der Waals surface area contributed by atoms with E-state index in [2.05, 4.69) is 46.2 Å². The molecule has 3 aliphatic rings. The summed E-state index contributed by atoms with van der Waals surface area (Å²) in [5.74, 6) is 0.0453. The fraction of sp³-hybridized carbons (Fsp3) is 0.519. The summed E-state index contributed by atoms with van der Waals surface area (Å²) in [6, 6.07) is 14.8. The van der Waals surface area contributed by atoms with E-state index in [0.29, 0.717) is 25.7 Å². The van der Waals surface area contributed by atoms with E-state index in [0.717, 1.165) is 63.0 Å². The number of hydrogen-bond donors (Lipinski definition) is 1. The first-order chi connectivity index (χ1) is 16.1. The van der Waals surface area contributed by atoms with Crippen molar-refractivity contribution < 1.29 is 14.6 Å². The number of aliphatic hydroxyl groups excluding tert-OH is 1. The SMILES string of the molecule is COC1CCN(c2ccc3c(c2)CCN(C[C@H](O)CN2CCc4ccccc4C2)C3=O)CC1. The van der Waals surface area contributed by atoms with Gasteiger partial charge in [0.05, 0.1) is 12.2 Å². The zero-order chi connectivity index (χ0) is 22.8. The van der Waals surface area contributed by atoms with Gasteiger partial charge in [0.2, 0.25) is 0 Å². The van der Waals surface area contributed by atoms with Crippen molar-refractivity contribution in [2.75, 3.05) is 51.3 Å². The maximum Gasteiger partial charge on any atom is 0.254 e. The van der Waals surface area contributed by atoms with Gasteiger partial charge in [-0.15, -0.1) is 0 Å². The maximum atomic E-state index is 13.1. The molecule has 1 saturated heterocycles. The minimum absolute atomic E-state index is 0.0453. The number of amides is 1. The summed E-state index contributed by atoms with van der Waals surface area (Å²) in [4.78, 5) is 19.7. The highest BCUT2D eigenvalue weighted by molar-refractivity contribution is 5.97. The van der Waals surface area contributed by atoms with Crippen LogP contribution < -0.4 is 4.90 Å². The molecule has 0 aromatic heterocycles. The van der Waals surface area contributed by atoms with Gasteiger partial charge < -0.3 is 19.6 Å². The Hall–Kier alpha value is -2.41. The maximum absolute atomic E-state index is 13.1. The van der Waals surface area contributed by atoms with Crippen molar-refractivity contribution in [3.63, 3.8) is 0 Å². The number of aliphatic hydroxyl groups is 1. The zero-order valence-electron chi connectivity index (χ0n) is 19.6. The van der Waals surface area contributed by atoms with Crippen molar-refractivity contribution in [1.29, 1.82) is 0 Å². The molecule has 2 aromatic carbocycles. The van der Waals surface area contributed by atoms with E-state index >= 15 is 0 Å². The number of rotatable bonds is 6. The Morgan fingerprint density at radius 2 is 1.73 bits per heavy atom. The van der Waals surface area contributed by atoms with Gasteiger partial charge in [-0.25, -0.2) is 0 Å². The molecule has 5 rings (SSSR count). The summed E-state index contributed by atoms with van der Waals surface area (Å²) >= 11 is 0. The summed E-state index contributed by atoms with van der Waals surface area (Å²) in [6.45, 7) is 5.46. The second kappa shape index (κ2) is 9.84. The van der Waals surface area contributed by atoms with Crippen molar-refractivity contribution in [3.05, 3.63) is 64.7 Å². The molecule has 0 radical (unpaired) electrons. The van der Waals surface area contributed by atoms with Crippen LogP contribution in [0.4, 0.5) is 5.69 Å². The third kappa shape index (κ3) is 4.93. The number of piperidine rings is 1. The fourth-order valence-electron chi connectivity index (χ4n) is 5.56. The zero-order valence-corrected chi connectivity index (χ0v) is 19.6. The van der Waals surface area contributed by atoms with Gasteiger partial charge in [-0.1, -0.05) is 24.3 Å². The summed E-state index contributed by atoms with van der Waals surface area (Å²) in [5.41, 5.74) is 5.88. The standard InChI is InChI=1S/C27H35N3O3/c1-33-25-10-14-29(15-11-25)23-6-7-26-21(16-23)9-13-30(27(26)32)19-24(31)18-28-12-8-20-4-2-3-5-22(20)17-28/h2-7,16,24-25,31H,8-15,17-19H2,1H3/t24-/m1/s1. The molecule has 1 atom stereocenters. The second-order valence-corrected chi connectivity index (χ2v) is 9.67. The lowest BCUT2D eigenvalue weighted by molar-refractivity contribution is 0.0493. The number of anilines is 1. The normalized spacial score (nSPS) is 20.5. The van der Waals surface area contributed by atoms with E-state index in [-0.39, 0.29) is 5.91 Å². The van der Waals surface area contributed by atoms with Gasteiger partial charge in [0.15, 0.2) is 0 Å². The van der Waals surface area contributed by atoms with Gasteiger partial charge in [-0.3, -0.25) is 9.69 Å². The average Bonchev–Trinajstić information content (AvgIpc) is 2.85. The van der Waals surface area contributed by atoms with Crippen molar-refractivity contribution in [2.45, 2.75) is 44.4 Å². The molecule has 0 spiro atoms. The van der Waals surface area contributed by atoms with Gasteiger partial charge >= 0.3 is 0 Å². The van der Waals surface area contributed by atoms with E-state index in [1.807, 2.05) is 11.0 Å². The third-order valence-electron chi connectivity index (χ3n) is 7.51. The number of β-amino-alcohol motifs (C(OH)–C–C–N with tert-alkyl or cyclic N) is 1. The summed E-state index contributed by atoms with van der Waals surface area (Å²) in [7, 11) is 1.79. The molecule has 1 N–H and O–H groups in total. The molecular formula is C27H35N3O3. The molecule has 3 heterocycles. The van der Waals surface area contributed by atoms with Crippen molar-refractivity contribution >= 4 is 11.6 Å². The highest BCUT2D eigenvalue weighted by Gasteiger charge is 2.28. The van der Waals surface area contributed by atoms with Crippen molar-refractivity contribution in [2.24, 2.45) is 0 Å². The monoisotopic (exact) mass is 449 g/mol. The predicted molar refractivity (Wildman–Crippen MR) is 130 cm³/mol. The highest BCUT2D eigenvalue weighted by atomic mass is 16.5. The van der Waals surface area contributed by atoms with Crippen LogP contribution in [0.3, 0.4) is 0 Å². The van der Waals surface area contributed by atoms with Crippen LogP contribution in [0, 0.1) is 0 Å². The van der Waals surface area contributed by atoms with Crippen LogP contribution in [-0.2, 0) is 24.1 Å². The Bertz CT molecular complexity index is 986. The lowest BCUT2D eigenvalue weighted by atomic mass is 9.96. The lowest BCUT2D eigenvalue weighted by Gasteiger charge is -2.35. The number of methoxy groups -OCH3 is 1. The first-order valence-electron chi connectivity index (χ1n) is 12.3. The molecular weight excluding hydrogens is 414 g/mol. The first-order valence-corrected chi connectivity index (χ1v) is 12.3. The molecule has 1 amide bonds. The van der Waals surface area contributed by atoms with E-state index in [1.165, 1.54) is 16.8 Å². The van der Waals surface area contributed by atoms with Crippen molar-refractivity contribution in [3.8, 4) is 0 Å². The van der Waals surface area contributed by atoms with Gasteiger partial charge in [-0.2, -0.15) is 0 Å². The van der Waals surface area contributed by atoms with Crippen LogP contribution in [0.25, 0.3) is 0 Å².